The van der Waals surface area contributed by atoms with Crippen LogP contribution in [0.5, 0.6) is 57.5 Å². The third-order valence-electron chi connectivity index (χ3n) is 25.2. The number of hydrogen-bond acceptors (Lipinski definition) is 26. The molecule has 0 saturated carbocycles. The van der Waals surface area contributed by atoms with Crippen molar-refractivity contribution in [3.8, 4) is 185 Å². The van der Waals surface area contributed by atoms with E-state index in [0.29, 0.717) is 102 Å². The summed E-state index contributed by atoms with van der Waals surface area (Å²) in [5, 5.41) is 10.2. The first-order valence-corrected chi connectivity index (χ1v) is 57.4. The molecule has 29 heteroatoms. The second kappa shape index (κ2) is 49.4. The Morgan fingerprint density at radius 1 is 0.383 bits per heavy atom. The Labute approximate surface area is 912 Å². The predicted octanol–water partition coefficient (Wildman–Crippen LogP) is 36.2. The van der Waals surface area contributed by atoms with Gasteiger partial charge in [0.05, 0.1) is 137 Å². The number of esters is 2. The van der Waals surface area contributed by atoms with Crippen molar-refractivity contribution in [2.45, 2.75) is 212 Å². The fourth-order valence-electron chi connectivity index (χ4n) is 17.9. The number of benzene rings is 6. The van der Waals surface area contributed by atoms with Crippen molar-refractivity contribution < 1.29 is 75.2 Å². The zero-order valence-electron chi connectivity index (χ0n) is 90.3. The lowest BCUT2D eigenvalue weighted by atomic mass is 9.86. The number of halogens is 2. The van der Waals surface area contributed by atoms with Gasteiger partial charge in [-0.2, -0.15) is 5.26 Å². The second-order valence-electron chi connectivity index (χ2n) is 39.0. The third-order valence-corrected chi connectivity index (χ3v) is 36.8. The highest BCUT2D eigenvalue weighted by molar-refractivity contribution is 7.30. The quantitative estimate of drug-likeness (QED) is 0.0204. The molecule has 16 rings (SSSR count). The van der Waals surface area contributed by atoms with E-state index in [9.17, 15) is 14.9 Å². The molecule has 1 aliphatic heterocycles. The van der Waals surface area contributed by atoms with Gasteiger partial charge in [0.1, 0.15) is 76.9 Å². The van der Waals surface area contributed by atoms with Crippen LogP contribution in [0.25, 0.3) is 126 Å². The first-order chi connectivity index (χ1) is 71.2. The first-order valence-electron chi connectivity index (χ1n) is 50.1. The number of thiophene rings is 9. The van der Waals surface area contributed by atoms with Gasteiger partial charge in [-0.05, 0) is 259 Å². The number of carbonyl (C=O) groups is 2. The number of fused-ring (bicyclic) bond motifs is 1. The van der Waals surface area contributed by atoms with E-state index < -0.39 is 0 Å². The van der Waals surface area contributed by atoms with Crippen LogP contribution in [0, 0.1) is 43.4 Å². The number of ether oxygens (including phenoxy) is 12. The van der Waals surface area contributed by atoms with Crippen LogP contribution >= 0.6 is 102 Å². The first kappa shape index (κ1) is 113. The Kier molecular flexibility index (Phi) is 37.3. The lowest BCUT2D eigenvalue weighted by molar-refractivity contribution is 0.0367. The SMILES string of the molecule is CC(C)OC(=O)c1cc(C(C)C)c(-c2ccc(-c3sc(-c4ccc(-c5c(C(C)C)cc(C(=O)OC(C)C)cc5C(C)C)s4)c4c3OCCO4)s2)c(C(C)C)c1.CCCCCCc1cc(-c2cc(F)c(-c3c(OC)cccc3OC(C)C)s2)sc1-c1cc(F)c(-c2c(OC)cccc2OC(C)C)s1.[C-]#[N+]c1cc(-c2sc(-c3cc(C#N)c(-c4c(OC)cc(N(C)C)cc4OC)s3)c(C)c2C)sc1-c1c(OC)cc(N(C)C)cc1OC. The van der Waals surface area contributed by atoms with Crippen LogP contribution in [-0.4, -0.2) is 120 Å². The largest absolute Gasteiger partial charge is 0.496 e. The van der Waals surface area contributed by atoms with Crippen molar-refractivity contribution in [2.75, 3.05) is 93.9 Å². The molecule has 0 fully saturated rings. The molecular formula is C120H132F2N4O14S9. The van der Waals surface area contributed by atoms with Crippen LogP contribution in [0.3, 0.4) is 0 Å². The predicted molar refractivity (Wildman–Crippen MR) is 622 cm³/mol. The molecule has 0 spiro atoms. The summed E-state index contributed by atoms with van der Waals surface area (Å²) >= 11 is 14.3. The van der Waals surface area contributed by atoms with Gasteiger partial charge in [0.2, 0.25) is 5.69 Å². The molecule has 15 aromatic rings. The van der Waals surface area contributed by atoms with Crippen molar-refractivity contribution in [1.29, 1.82) is 5.26 Å². The standard InChI is InChI=1S/C46H54O6S3.C38H42F2O4S3.C36H36N4O4S3/c1-23(2)31-19-29(45(47)51-27(9)10)20-32(24(3)4)39(31)35-13-15-37(53-35)43-41-42(50-18-17-49-41)44(55-43)38-16-14-36(54-38)40-33(25(5)6)21-30(22-34(40)26(7)8)46(48)52-28(11)12;1-8-9-10-11-14-24-19-31(32-20-25(39)37(46-32)34-27(41-6)15-12-17-29(34)43-22(2)3)45-36(24)33-21-26(40)38(47-33)35-28(42-7)16-13-18-30(35)44-23(4)5;1-19-20(2)34(30-17-24(38-3)36(46-30)32-27(43-10)15-23(40(6)7)16-28(32)44-11)47-33(19)29-12-21(18-37)35(45-29)31-25(41-8)13-22(39(4)5)14-26(31)42-9/h13-16,19-28H,17-18H2,1-12H3;12-13,15-23H,8-11,14H2,1-7H3;12-17H,1-2,4-11H3. The lowest BCUT2D eigenvalue weighted by Crippen LogP contribution is -2.14. The van der Waals surface area contributed by atoms with Crippen LogP contribution in [-0.2, 0) is 15.9 Å². The Hall–Kier alpha value is -12.0. The summed E-state index contributed by atoms with van der Waals surface area (Å²) in [5.41, 5.74) is 17.3. The van der Waals surface area contributed by atoms with Crippen molar-refractivity contribution >= 4 is 131 Å². The molecule has 10 heterocycles. The Balaban J connectivity index is 0.000000177. The highest BCUT2D eigenvalue weighted by atomic mass is 32.1. The van der Waals surface area contributed by atoms with E-state index in [2.05, 4.69) is 117 Å². The molecule has 0 radical (unpaired) electrons. The summed E-state index contributed by atoms with van der Waals surface area (Å²) < 4.78 is 102. The lowest BCUT2D eigenvalue weighted by Gasteiger charge is -2.21. The maximum absolute atomic E-state index is 15.9. The average Bonchev–Trinajstić information content (AvgIpc) is 1.27. The summed E-state index contributed by atoms with van der Waals surface area (Å²) in [6.07, 6.45) is 4.76. The average molecular weight is 2180 g/mol. The number of nitriles is 1. The Morgan fingerprint density at radius 3 is 1.13 bits per heavy atom. The van der Waals surface area contributed by atoms with E-state index in [-0.39, 0.29) is 71.7 Å². The number of unbranched alkanes of at least 4 members (excludes halogenated alkanes) is 3. The molecule has 0 bridgehead atoms. The molecule has 0 atom stereocenters. The van der Waals surface area contributed by atoms with Gasteiger partial charge in [0.25, 0.3) is 0 Å². The van der Waals surface area contributed by atoms with E-state index in [0.717, 1.165) is 183 Å². The van der Waals surface area contributed by atoms with Gasteiger partial charge >= 0.3 is 11.9 Å². The van der Waals surface area contributed by atoms with Crippen molar-refractivity contribution in [3.63, 3.8) is 0 Å². The Morgan fingerprint density at radius 2 is 0.738 bits per heavy atom. The minimum atomic E-state index is -0.333. The summed E-state index contributed by atoms with van der Waals surface area (Å²) in [6.45, 7) is 48.2. The maximum Gasteiger partial charge on any atom is 0.338 e. The number of aryl methyl sites for hydroxylation is 1. The molecule has 149 heavy (non-hydrogen) atoms. The molecule has 0 amide bonds. The van der Waals surface area contributed by atoms with E-state index in [4.69, 9.17) is 63.4 Å². The molecule has 18 nitrogen and oxygen atoms in total. The van der Waals surface area contributed by atoms with E-state index in [1.165, 1.54) is 33.8 Å². The molecule has 9 aromatic heterocycles. The summed E-state index contributed by atoms with van der Waals surface area (Å²) in [4.78, 5) is 51.0. The molecule has 0 saturated heterocycles. The highest BCUT2D eigenvalue weighted by Gasteiger charge is 2.35. The van der Waals surface area contributed by atoms with Crippen molar-refractivity contribution in [2.24, 2.45) is 0 Å². The topological polar surface area (TPSA) is 180 Å². The van der Waals surface area contributed by atoms with Crippen LogP contribution in [0.1, 0.15) is 232 Å². The van der Waals surface area contributed by atoms with Crippen LogP contribution in [0.2, 0.25) is 0 Å². The van der Waals surface area contributed by atoms with E-state index >= 15 is 8.78 Å². The van der Waals surface area contributed by atoms with Crippen LogP contribution < -0.4 is 57.2 Å². The van der Waals surface area contributed by atoms with Crippen molar-refractivity contribution in [3.05, 3.63) is 218 Å². The van der Waals surface area contributed by atoms with Gasteiger partial charge in [0, 0.05) is 127 Å². The van der Waals surface area contributed by atoms with Gasteiger partial charge in [-0.15, -0.1) is 102 Å². The second-order valence-corrected chi connectivity index (χ2v) is 48.5. The van der Waals surface area contributed by atoms with Gasteiger partial charge < -0.3 is 66.6 Å². The minimum absolute atomic E-state index is 0.0848. The van der Waals surface area contributed by atoms with Crippen LogP contribution in [0.15, 0.2) is 140 Å². The monoisotopic (exact) mass is 2180 g/mol. The van der Waals surface area contributed by atoms with E-state index in [1.54, 1.807) is 134 Å². The minimum Gasteiger partial charge on any atom is -0.496 e. The number of rotatable bonds is 37. The Bertz CT molecular complexity index is 7020. The smallest absolute Gasteiger partial charge is 0.338 e. The summed E-state index contributed by atoms with van der Waals surface area (Å²) in [5.74, 6) is 6.01. The van der Waals surface area contributed by atoms with Gasteiger partial charge in [-0.3, -0.25) is 0 Å². The number of methoxy groups -OCH3 is 6. The molecular weight excluding hydrogens is 2050 g/mol. The summed E-state index contributed by atoms with van der Waals surface area (Å²) in [7, 11) is 17.5. The number of hydrogen-bond donors (Lipinski definition) is 0. The fraction of sp³-hybridized carbons (Fsp3) is 0.367. The molecule has 0 unspecified atom stereocenters. The fourth-order valence-corrected chi connectivity index (χ4v) is 29.0. The molecule has 6 aromatic carbocycles. The maximum atomic E-state index is 15.9. The normalized spacial score (nSPS) is 11.8. The van der Waals surface area contributed by atoms with Gasteiger partial charge in [-0.1, -0.05) is 93.7 Å². The summed E-state index contributed by atoms with van der Waals surface area (Å²) in [6, 6.07) is 47.4. The van der Waals surface area contributed by atoms with Gasteiger partial charge in [0.15, 0.2) is 11.5 Å². The zero-order valence-corrected chi connectivity index (χ0v) is 97.6. The number of carbonyl (C=O) groups excluding carboxylic acids is 2. The molecule has 1 aliphatic rings. The number of nitrogens with zero attached hydrogens (tertiary/aromatic N) is 4. The van der Waals surface area contributed by atoms with E-state index in [1.807, 2.05) is 190 Å². The zero-order chi connectivity index (χ0) is 108. The third kappa shape index (κ3) is 24.6. The van der Waals surface area contributed by atoms with Crippen LogP contribution in [0.4, 0.5) is 25.8 Å². The number of anilines is 2. The molecule has 784 valence electrons. The molecule has 0 aliphatic carbocycles. The van der Waals surface area contributed by atoms with Crippen molar-refractivity contribution in [1.82, 2.24) is 0 Å². The highest BCUT2D eigenvalue weighted by Crippen LogP contribution is 2.61. The molecule has 0 N–H and O–H groups in total. The van der Waals surface area contributed by atoms with Gasteiger partial charge in [-0.25, -0.2) is 23.2 Å².